The molecule has 2 aromatic rings. The lowest BCUT2D eigenvalue weighted by atomic mass is 10.1. The first-order chi connectivity index (χ1) is 9.33. The zero-order chi connectivity index (χ0) is 13.2. The standard InChI is InChI=1S/C16H15N3/c17-10-12-5-6-16(14(9-12)11-18)19-8-7-13-3-1-2-4-15(13)19/h1-6,9H,7-8,10,17H2. The van der Waals surface area contributed by atoms with Crippen molar-refractivity contribution >= 4 is 11.4 Å². The fraction of sp³-hybridized carbons (Fsp3) is 0.188. The highest BCUT2D eigenvalue weighted by Crippen LogP contribution is 2.36. The van der Waals surface area contributed by atoms with Gasteiger partial charge in [-0.15, -0.1) is 0 Å². The number of nitrogens with zero attached hydrogens (tertiary/aromatic N) is 2. The van der Waals surface area contributed by atoms with E-state index >= 15 is 0 Å². The molecule has 3 rings (SSSR count). The molecule has 0 radical (unpaired) electrons. The van der Waals surface area contributed by atoms with Gasteiger partial charge < -0.3 is 10.6 Å². The van der Waals surface area contributed by atoms with Crippen LogP contribution in [0.2, 0.25) is 0 Å². The molecule has 0 atom stereocenters. The Labute approximate surface area is 112 Å². The van der Waals surface area contributed by atoms with E-state index < -0.39 is 0 Å². The third-order valence-corrected chi connectivity index (χ3v) is 3.60. The largest absolute Gasteiger partial charge is 0.340 e. The lowest BCUT2D eigenvalue weighted by molar-refractivity contribution is 0.992. The second-order valence-electron chi connectivity index (χ2n) is 4.70. The first-order valence-corrected chi connectivity index (χ1v) is 6.42. The zero-order valence-corrected chi connectivity index (χ0v) is 10.6. The Morgan fingerprint density at radius 2 is 2.00 bits per heavy atom. The second-order valence-corrected chi connectivity index (χ2v) is 4.70. The molecule has 0 saturated carbocycles. The number of hydrogen-bond acceptors (Lipinski definition) is 3. The van der Waals surface area contributed by atoms with Gasteiger partial charge >= 0.3 is 0 Å². The number of nitrogens with two attached hydrogens (primary N) is 1. The van der Waals surface area contributed by atoms with E-state index in [0.29, 0.717) is 12.1 Å². The summed E-state index contributed by atoms with van der Waals surface area (Å²) in [5.41, 5.74) is 10.8. The SMILES string of the molecule is N#Cc1cc(CN)ccc1N1CCc2ccccc21. The van der Waals surface area contributed by atoms with Crippen molar-refractivity contribution in [3.05, 3.63) is 59.2 Å². The lowest BCUT2D eigenvalue weighted by Gasteiger charge is -2.21. The predicted octanol–water partition coefficient (Wildman–Crippen LogP) is 2.71. The molecule has 0 saturated heterocycles. The van der Waals surface area contributed by atoms with Crippen LogP contribution in [0, 0.1) is 11.3 Å². The molecule has 19 heavy (non-hydrogen) atoms. The molecule has 0 unspecified atom stereocenters. The van der Waals surface area contributed by atoms with E-state index in [-0.39, 0.29) is 0 Å². The molecule has 2 N–H and O–H groups in total. The van der Waals surface area contributed by atoms with Gasteiger partial charge in [0.25, 0.3) is 0 Å². The highest BCUT2D eigenvalue weighted by atomic mass is 15.2. The van der Waals surface area contributed by atoms with Crippen LogP contribution in [-0.4, -0.2) is 6.54 Å². The van der Waals surface area contributed by atoms with Gasteiger partial charge in [-0.2, -0.15) is 5.26 Å². The van der Waals surface area contributed by atoms with Gasteiger partial charge in [-0.1, -0.05) is 24.3 Å². The van der Waals surface area contributed by atoms with Crippen LogP contribution < -0.4 is 10.6 Å². The van der Waals surface area contributed by atoms with Gasteiger partial charge in [0.2, 0.25) is 0 Å². The van der Waals surface area contributed by atoms with Crippen LogP contribution in [0.1, 0.15) is 16.7 Å². The average molecular weight is 249 g/mol. The Bertz CT molecular complexity index is 655. The van der Waals surface area contributed by atoms with Gasteiger partial charge in [0, 0.05) is 18.8 Å². The molecule has 0 amide bonds. The molecule has 0 aromatic heterocycles. The second kappa shape index (κ2) is 4.75. The summed E-state index contributed by atoms with van der Waals surface area (Å²) in [5.74, 6) is 0. The van der Waals surface area contributed by atoms with E-state index in [1.807, 2.05) is 24.3 Å². The van der Waals surface area contributed by atoms with Gasteiger partial charge in [0.1, 0.15) is 6.07 Å². The Morgan fingerprint density at radius 1 is 1.16 bits per heavy atom. The lowest BCUT2D eigenvalue weighted by Crippen LogP contribution is -2.15. The Hall–Kier alpha value is -2.31. The number of para-hydroxylation sites is 1. The number of hydrogen-bond donors (Lipinski definition) is 1. The summed E-state index contributed by atoms with van der Waals surface area (Å²) < 4.78 is 0. The molecule has 2 aromatic carbocycles. The number of benzene rings is 2. The van der Waals surface area contributed by atoms with Crippen LogP contribution in [0.15, 0.2) is 42.5 Å². The maximum absolute atomic E-state index is 9.33. The molecule has 0 aliphatic carbocycles. The summed E-state index contributed by atoms with van der Waals surface area (Å²) in [6.45, 7) is 1.39. The number of rotatable bonds is 2. The van der Waals surface area contributed by atoms with Crippen molar-refractivity contribution in [1.29, 1.82) is 5.26 Å². The topological polar surface area (TPSA) is 53.1 Å². The van der Waals surface area contributed by atoms with E-state index in [0.717, 1.165) is 24.2 Å². The number of nitriles is 1. The van der Waals surface area contributed by atoms with Crippen LogP contribution in [-0.2, 0) is 13.0 Å². The van der Waals surface area contributed by atoms with Crippen molar-refractivity contribution in [2.75, 3.05) is 11.4 Å². The third-order valence-electron chi connectivity index (χ3n) is 3.60. The van der Waals surface area contributed by atoms with Crippen molar-refractivity contribution in [3.63, 3.8) is 0 Å². The van der Waals surface area contributed by atoms with Crippen molar-refractivity contribution < 1.29 is 0 Å². The minimum atomic E-state index is 0.464. The summed E-state index contributed by atoms with van der Waals surface area (Å²) in [4.78, 5) is 2.22. The van der Waals surface area contributed by atoms with Crippen LogP contribution >= 0.6 is 0 Å². The normalized spacial score (nSPS) is 13.2. The van der Waals surface area contributed by atoms with Crippen LogP contribution in [0.25, 0.3) is 0 Å². The van der Waals surface area contributed by atoms with Gasteiger partial charge in [0.15, 0.2) is 0 Å². The maximum atomic E-state index is 9.33. The van der Waals surface area contributed by atoms with Gasteiger partial charge in [-0.3, -0.25) is 0 Å². The zero-order valence-electron chi connectivity index (χ0n) is 10.6. The Balaban J connectivity index is 2.07. The molecule has 1 aliphatic rings. The first-order valence-electron chi connectivity index (χ1n) is 6.42. The van der Waals surface area contributed by atoms with Gasteiger partial charge in [0.05, 0.1) is 11.3 Å². The summed E-state index contributed by atoms with van der Waals surface area (Å²) in [6.07, 6.45) is 1.03. The Kier molecular flexibility index (Phi) is 2.94. The molecule has 3 heteroatoms. The quantitative estimate of drug-likeness (QED) is 0.890. The molecule has 0 spiro atoms. The monoisotopic (exact) mass is 249 g/mol. The van der Waals surface area contributed by atoms with Crippen LogP contribution in [0.4, 0.5) is 11.4 Å². The highest BCUT2D eigenvalue weighted by molar-refractivity contribution is 5.74. The molecule has 0 fully saturated rings. The van der Waals surface area contributed by atoms with Crippen molar-refractivity contribution in [1.82, 2.24) is 0 Å². The summed E-state index contributed by atoms with van der Waals surface area (Å²) in [6, 6.07) is 16.5. The van der Waals surface area contributed by atoms with Crippen molar-refractivity contribution in [3.8, 4) is 6.07 Å². The molecule has 94 valence electrons. The van der Waals surface area contributed by atoms with Gasteiger partial charge in [-0.25, -0.2) is 0 Å². The van der Waals surface area contributed by atoms with Crippen molar-refractivity contribution in [2.45, 2.75) is 13.0 Å². The van der Waals surface area contributed by atoms with E-state index in [9.17, 15) is 5.26 Å². The smallest absolute Gasteiger partial charge is 0.101 e. The van der Waals surface area contributed by atoms with Gasteiger partial charge in [-0.05, 0) is 35.7 Å². The molecule has 0 bridgehead atoms. The third kappa shape index (κ3) is 1.96. The molecular formula is C16H15N3. The van der Waals surface area contributed by atoms with E-state index in [4.69, 9.17) is 5.73 Å². The minimum absolute atomic E-state index is 0.464. The number of anilines is 2. The highest BCUT2D eigenvalue weighted by Gasteiger charge is 2.21. The van der Waals surface area contributed by atoms with E-state index in [1.165, 1.54) is 11.3 Å². The predicted molar refractivity (Wildman–Crippen MR) is 76.2 cm³/mol. The average Bonchev–Trinajstić information content (AvgIpc) is 2.90. The minimum Gasteiger partial charge on any atom is -0.340 e. The van der Waals surface area contributed by atoms with E-state index in [2.05, 4.69) is 29.2 Å². The molecule has 1 heterocycles. The van der Waals surface area contributed by atoms with Crippen LogP contribution in [0.3, 0.4) is 0 Å². The summed E-state index contributed by atoms with van der Waals surface area (Å²) >= 11 is 0. The molecular weight excluding hydrogens is 234 g/mol. The van der Waals surface area contributed by atoms with Crippen LogP contribution in [0.5, 0.6) is 0 Å². The first kappa shape index (κ1) is 11.8. The molecule has 3 nitrogen and oxygen atoms in total. The maximum Gasteiger partial charge on any atom is 0.101 e. The van der Waals surface area contributed by atoms with Crippen molar-refractivity contribution in [2.24, 2.45) is 5.73 Å². The molecule has 1 aliphatic heterocycles. The summed E-state index contributed by atoms with van der Waals surface area (Å²) in [7, 11) is 0. The fourth-order valence-corrected chi connectivity index (χ4v) is 2.62. The van der Waals surface area contributed by atoms with E-state index in [1.54, 1.807) is 0 Å². The fourth-order valence-electron chi connectivity index (χ4n) is 2.62. The Morgan fingerprint density at radius 3 is 2.79 bits per heavy atom. The summed E-state index contributed by atoms with van der Waals surface area (Å²) in [5, 5.41) is 9.33. The number of fused-ring (bicyclic) bond motifs is 1.